The highest BCUT2D eigenvalue weighted by Gasteiger charge is 2.27. The van der Waals surface area contributed by atoms with Gasteiger partial charge in [0, 0.05) is 10.6 Å². The Balaban J connectivity index is 1.54. The van der Waals surface area contributed by atoms with E-state index in [0.29, 0.717) is 44.8 Å². The van der Waals surface area contributed by atoms with E-state index in [4.69, 9.17) is 0 Å². The second kappa shape index (κ2) is 15.1. The van der Waals surface area contributed by atoms with Gasteiger partial charge in [0.25, 0.3) is 0 Å². The zero-order chi connectivity index (χ0) is 41.7. The van der Waals surface area contributed by atoms with Crippen molar-refractivity contribution in [1.82, 2.24) is 17.3 Å². The molecule has 0 amide bonds. The van der Waals surface area contributed by atoms with Crippen LogP contribution in [0.25, 0.3) is 55.4 Å². The molecule has 286 valence electrons. The van der Waals surface area contributed by atoms with Gasteiger partial charge in [0.1, 0.15) is 47.5 Å². The predicted molar refractivity (Wildman–Crippen MR) is 223 cm³/mol. The predicted octanol–water partition coefficient (Wildman–Crippen LogP) is 12.3. The van der Waals surface area contributed by atoms with E-state index in [2.05, 4.69) is 0 Å². The van der Waals surface area contributed by atoms with Crippen LogP contribution in [-0.4, -0.2) is 17.3 Å². The number of fused-ring (bicyclic) bond motifs is 2. The summed E-state index contributed by atoms with van der Waals surface area (Å²) in [4.78, 5) is 0. The molecule has 9 rings (SSSR count). The Morgan fingerprint density at radius 2 is 0.583 bits per heavy atom. The number of hydrogen-bond donors (Lipinski definition) is 0. The van der Waals surface area contributed by atoms with Crippen LogP contribution in [-0.2, 0) is 0 Å². The van der Waals surface area contributed by atoms with Crippen molar-refractivity contribution in [2.24, 2.45) is 0 Å². The monoisotopic (exact) mass is 826 g/mol. The quantitative estimate of drug-likeness (QED) is 0.155. The van der Waals surface area contributed by atoms with Crippen LogP contribution in [0.2, 0.25) is 0 Å². The van der Waals surface area contributed by atoms with Gasteiger partial charge in [0.2, 0.25) is 0 Å². The second-order valence-electron chi connectivity index (χ2n) is 13.4. The maximum absolute atomic E-state index is 15.7. The summed E-state index contributed by atoms with van der Waals surface area (Å²) in [6.07, 6.45) is 0. The highest BCUT2D eigenvalue weighted by molar-refractivity contribution is 7.52. The molecule has 0 spiro atoms. The van der Waals surface area contributed by atoms with Crippen molar-refractivity contribution < 1.29 is 17.6 Å². The molecule has 0 fully saturated rings. The van der Waals surface area contributed by atoms with Gasteiger partial charge in [-0.05, 0) is 109 Å². The molecule has 2 heterocycles. The van der Waals surface area contributed by atoms with Crippen LogP contribution in [0.15, 0.2) is 146 Å². The molecule has 0 N–H and O–H groups in total. The number of nitrogens with zero attached hydrogens (tertiary/aromatic N) is 8. The summed E-state index contributed by atoms with van der Waals surface area (Å²) in [6, 6.07) is 47.1. The Morgan fingerprint density at radius 3 is 0.800 bits per heavy atom. The molecule has 0 saturated carbocycles. The molecule has 0 radical (unpaired) electrons. The highest BCUT2D eigenvalue weighted by Crippen LogP contribution is 2.53. The second-order valence-corrected chi connectivity index (χ2v) is 17.2. The van der Waals surface area contributed by atoms with E-state index in [-0.39, 0.29) is 22.3 Å². The Labute approximate surface area is 341 Å². The van der Waals surface area contributed by atoms with Crippen molar-refractivity contribution >= 4 is 37.8 Å². The average molecular weight is 827 g/mol. The zero-order valence-corrected chi connectivity index (χ0v) is 32.6. The number of aromatic nitrogens is 4. The van der Waals surface area contributed by atoms with Crippen molar-refractivity contribution in [3.63, 3.8) is 0 Å². The van der Waals surface area contributed by atoms with Crippen LogP contribution < -0.4 is 0 Å². The number of rotatable bonds is 6. The minimum absolute atomic E-state index is 0.157. The molecule has 0 unspecified atom stereocenters. The highest BCUT2D eigenvalue weighted by atomic mass is 31.1. The Hall–Kier alpha value is -7.98. The lowest BCUT2D eigenvalue weighted by atomic mass is 10.1. The first-order valence-corrected chi connectivity index (χ1v) is 20.6. The fraction of sp³-hybridized carbons (Fsp3) is 0. The third-order valence-electron chi connectivity index (χ3n) is 9.99. The van der Waals surface area contributed by atoms with Gasteiger partial charge in [-0.15, -0.1) is 0 Å². The standard InChI is InChI=1S/C46H24F4N8P2/c47-39-19-33(15-11-29(39)25-51)55-43-23-45-46(24-44(43)56(59(55)37-7-3-1-4-8-37)34-16-12-30(26-52)40(48)20-34)58(36-18-14-32(28-54)42(50)22-36)60(38-9-5-2-6-10-38)57(45)35-17-13-31(27-53)41(49)21-35/h1-24H. The van der Waals surface area contributed by atoms with Gasteiger partial charge < -0.3 is 0 Å². The fourth-order valence-electron chi connectivity index (χ4n) is 7.30. The first-order valence-electron chi connectivity index (χ1n) is 18.1. The molecule has 0 aliphatic heterocycles. The summed E-state index contributed by atoms with van der Waals surface area (Å²) in [7, 11) is -3.55. The van der Waals surface area contributed by atoms with E-state index in [9.17, 15) is 21.0 Å². The smallest absolute Gasteiger partial charge is 0.143 e. The van der Waals surface area contributed by atoms with Gasteiger partial charge in [-0.1, -0.05) is 36.4 Å². The van der Waals surface area contributed by atoms with Gasteiger partial charge in [-0.3, -0.25) is 17.3 Å². The van der Waals surface area contributed by atoms with E-state index in [1.165, 1.54) is 48.5 Å². The fourth-order valence-corrected chi connectivity index (χ4v) is 12.3. The SMILES string of the molecule is N#Cc1ccc(-n2c3cc4c(cc3n(-c3ccc(C#N)c(F)c3)p2-c2ccccc2)n(-c2ccc(C#N)c(F)c2)p(-c2ccccc2)n4-c2ccc(C#N)c(F)c2)cc1F. The summed E-state index contributed by atoms with van der Waals surface area (Å²) in [5, 5.41) is 40.1. The third-order valence-corrected chi connectivity index (χ3v) is 14.8. The zero-order valence-electron chi connectivity index (χ0n) is 30.8. The van der Waals surface area contributed by atoms with Gasteiger partial charge >= 0.3 is 0 Å². The third kappa shape index (κ3) is 6.13. The van der Waals surface area contributed by atoms with Crippen molar-refractivity contribution in [3.8, 4) is 57.6 Å². The summed E-state index contributed by atoms with van der Waals surface area (Å²) in [5.74, 6) is -3.00. The van der Waals surface area contributed by atoms with E-state index in [1.807, 2.05) is 114 Å². The molecule has 9 aromatic rings. The molecule has 0 aliphatic carbocycles. The van der Waals surface area contributed by atoms with Crippen LogP contribution in [0.4, 0.5) is 17.6 Å². The van der Waals surface area contributed by atoms with Crippen molar-refractivity contribution in [2.75, 3.05) is 0 Å². The van der Waals surface area contributed by atoms with Crippen LogP contribution in [0.5, 0.6) is 0 Å². The largest absolute Gasteiger partial charge is 0.281 e. The van der Waals surface area contributed by atoms with Crippen molar-refractivity contribution in [3.05, 3.63) is 191 Å². The van der Waals surface area contributed by atoms with Crippen molar-refractivity contribution in [1.29, 1.82) is 21.0 Å². The molecule has 0 aliphatic rings. The van der Waals surface area contributed by atoms with Gasteiger partial charge in [-0.2, -0.15) is 21.0 Å². The molecule has 0 bridgehead atoms. The van der Waals surface area contributed by atoms with Gasteiger partial charge in [0.15, 0.2) is 0 Å². The Morgan fingerprint density at radius 1 is 0.333 bits per heavy atom. The molecule has 60 heavy (non-hydrogen) atoms. The average Bonchev–Trinajstić information content (AvgIpc) is 3.78. The molecule has 7 aromatic carbocycles. The van der Waals surface area contributed by atoms with Crippen LogP contribution >= 0.6 is 15.7 Å². The summed E-state index contributed by atoms with van der Waals surface area (Å²) in [5.41, 5.74) is 3.03. The van der Waals surface area contributed by atoms with E-state index in [0.717, 1.165) is 10.6 Å². The maximum Gasteiger partial charge on any atom is 0.143 e. The van der Waals surface area contributed by atoms with Crippen LogP contribution in [0.3, 0.4) is 0 Å². The van der Waals surface area contributed by atoms with Gasteiger partial charge in [0.05, 0.1) is 82.8 Å². The molecular formula is C46H24F4N8P2. The normalized spacial score (nSPS) is 10.9. The topological polar surface area (TPSA) is 115 Å². The van der Waals surface area contributed by atoms with E-state index in [1.54, 1.807) is 24.3 Å². The number of benzene rings is 7. The molecule has 0 saturated heterocycles. The van der Waals surface area contributed by atoms with Crippen LogP contribution in [0.1, 0.15) is 22.3 Å². The first-order chi connectivity index (χ1) is 29.2. The summed E-state index contributed by atoms with van der Waals surface area (Å²) in [6.45, 7) is 0. The van der Waals surface area contributed by atoms with E-state index < -0.39 is 39.0 Å². The first kappa shape index (κ1) is 37.6. The number of hydrogen-bond acceptors (Lipinski definition) is 4. The Bertz CT molecular complexity index is 3020. The Kier molecular flexibility index (Phi) is 9.44. The molecule has 0 atom stereocenters. The van der Waals surface area contributed by atoms with Gasteiger partial charge in [-0.25, -0.2) is 17.6 Å². The van der Waals surface area contributed by atoms with E-state index >= 15 is 17.6 Å². The lowest BCUT2D eigenvalue weighted by molar-refractivity contribution is 0.622. The molecule has 8 nitrogen and oxygen atoms in total. The van der Waals surface area contributed by atoms with Crippen molar-refractivity contribution in [2.45, 2.75) is 0 Å². The molecule has 14 heteroatoms. The summed E-state index contributed by atoms with van der Waals surface area (Å²) < 4.78 is 70.4. The molecule has 2 aromatic heterocycles. The summed E-state index contributed by atoms with van der Waals surface area (Å²) >= 11 is 0. The molecular weight excluding hydrogens is 803 g/mol. The number of nitriles is 4. The maximum atomic E-state index is 15.7. The lowest BCUT2D eigenvalue weighted by Crippen LogP contribution is -1.97. The lowest BCUT2D eigenvalue weighted by Gasteiger charge is -2.16. The minimum Gasteiger partial charge on any atom is -0.281 e. The minimum atomic E-state index is -1.78. The van der Waals surface area contributed by atoms with Crippen LogP contribution in [0, 0.1) is 68.6 Å². The number of halogens is 4.